The van der Waals surface area contributed by atoms with E-state index in [1.165, 1.54) is 10.7 Å². The highest BCUT2D eigenvalue weighted by Crippen LogP contribution is 2.20. The molecule has 0 aliphatic carbocycles. The monoisotopic (exact) mass is 302 g/mol. The number of rotatable bonds is 3. The predicted molar refractivity (Wildman–Crippen MR) is 61.2 cm³/mol. The number of aromatic nitrogens is 2. The van der Waals surface area contributed by atoms with E-state index in [0.29, 0.717) is 0 Å². The van der Waals surface area contributed by atoms with Crippen LogP contribution in [0, 0.1) is 11.6 Å². The van der Waals surface area contributed by atoms with E-state index in [1.807, 2.05) is 0 Å². The Morgan fingerprint density at radius 2 is 2.18 bits per heavy atom. The fourth-order valence-electron chi connectivity index (χ4n) is 1.49. The molecule has 0 fully saturated rings. The quantitative estimate of drug-likeness (QED) is 0.946. The summed E-state index contributed by atoms with van der Waals surface area (Å²) < 4.78 is 28.3. The Labute approximate surface area is 105 Å². The summed E-state index contributed by atoms with van der Waals surface area (Å²) in [5.41, 5.74) is 0.0537. The van der Waals surface area contributed by atoms with Crippen LogP contribution in [0.2, 0.25) is 0 Å². The van der Waals surface area contributed by atoms with Gasteiger partial charge < -0.3 is 5.11 Å². The molecule has 0 bridgehead atoms. The van der Waals surface area contributed by atoms with Crippen molar-refractivity contribution < 1.29 is 13.9 Å². The van der Waals surface area contributed by atoms with Gasteiger partial charge in [0.25, 0.3) is 0 Å². The zero-order valence-electron chi connectivity index (χ0n) is 8.65. The van der Waals surface area contributed by atoms with Crippen LogP contribution in [0.25, 0.3) is 0 Å². The molecule has 17 heavy (non-hydrogen) atoms. The molecule has 1 heterocycles. The van der Waals surface area contributed by atoms with E-state index in [4.69, 9.17) is 0 Å². The molecule has 1 unspecified atom stereocenters. The van der Waals surface area contributed by atoms with E-state index in [2.05, 4.69) is 21.0 Å². The Kier molecular flexibility index (Phi) is 3.54. The van der Waals surface area contributed by atoms with Gasteiger partial charge >= 0.3 is 0 Å². The average molecular weight is 303 g/mol. The molecule has 0 amide bonds. The molecule has 2 rings (SSSR count). The number of nitrogens with zero attached hydrogens (tertiary/aromatic N) is 2. The van der Waals surface area contributed by atoms with Crippen molar-refractivity contribution in [2.75, 3.05) is 0 Å². The number of aliphatic hydroxyl groups excluding tert-OH is 1. The molecule has 1 N–H and O–H groups in total. The summed E-state index contributed by atoms with van der Waals surface area (Å²) in [6, 6.07) is 3.09. The van der Waals surface area contributed by atoms with Crippen molar-refractivity contribution in [3.63, 3.8) is 0 Å². The van der Waals surface area contributed by atoms with E-state index in [1.54, 1.807) is 12.4 Å². The predicted octanol–water partition coefficient (Wildman–Crippen LogP) is 2.66. The third-order valence-corrected chi connectivity index (χ3v) is 2.69. The topological polar surface area (TPSA) is 38.0 Å². The van der Waals surface area contributed by atoms with Crippen LogP contribution in [-0.2, 0) is 6.54 Å². The van der Waals surface area contributed by atoms with Crippen molar-refractivity contribution in [2.45, 2.75) is 12.6 Å². The van der Waals surface area contributed by atoms with Crippen molar-refractivity contribution in [2.24, 2.45) is 0 Å². The van der Waals surface area contributed by atoms with Crippen LogP contribution >= 0.6 is 15.9 Å². The highest BCUT2D eigenvalue weighted by atomic mass is 79.9. The minimum Gasteiger partial charge on any atom is -0.386 e. The van der Waals surface area contributed by atoms with Crippen molar-refractivity contribution in [3.8, 4) is 0 Å². The molecule has 1 aromatic carbocycles. The van der Waals surface area contributed by atoms with Crippen LogP contribution in [0.3, 0.4) is 0 Å². The maximum Gasteiger partial charge on any atom is 0.131 e. The van der Waals surface area contributed by atoms with Gasteiger partial charge in [-0.05, 0) is 22.0 Å². The van der Waals surface area contributed by atoms with Gasteiger partial charge in [-0.25, -0.2) is 8.78 Å². The van der Waals surface area contributed by atoms with Gasteiger partial charge in [0.05, 0.1) is 17.2 Å². The lowest BCUT2D eigenvalue weighted by Crippen LogP contribution is -2.10. The largest absolute Gasteiger partial charge is 0.386 e. The summed E-state index contributed by atoms with van der Waals surface area (Å²) in [6.07, 6.45) is 2.15. The molecule has 1 aromatic heterocycles. The van der Waals surface area contributed by atoms with Crippen LogP contribution in [0.4, 0.5) is 8.78 Å². The van der Waals surface area contributed by atoms with Gasteiger partial charge in [0.2, 0.25) is 0 Å². The molecule has 90 valence electrons. The fraction of sp³-hybridized carbons (Fsp3) is 0.182. The summed E-state index contributed by atoms with van der Waals surface area (Å²) in [5.74, 6) is -1.43. The third kappa shape index (κ3) is 2.89. The van der Waals surface area contributed by atoms with Crippen LogP contribution in [0.1, 0.15) is 11.7 Å². The number of halogens is 3. The summed E-state index contributed by atoms with van der Waals surface area (Å²) in [6.45, 7) is 0.105. The van der Waals surface area contributed by atoms with Gasteiger partial charge in [0.15, 0.2) is 0 Å². The van der Waals surface area contributed by atoms with E-state index >= 15 is 0 Å². The first-order valence-electron chi connectivity index (χ1n) is 4.87. The van der Waals surface area contributed by atoms with E-state index in [0.717, 1.165) is 16.6 Å². The molecule has 0 saturated carbocycles. The first-order valence-corrected chi connectivity index (χ1v) is 5.66. The highest BCUT2D eigenvalue weighted by molar-refractivity contribution is 9.10. The van der Waals surface area contributed by atoms with Crippen molar-refractivity contribution in [1.82, 2.24) is 9.78 Å². The summed E-state index contributed by atoms with van der Waals surface area (Å²) in [5, 5.41) is 13.8. The smallest absolute Gasteiger partial charge is 0.131 e. The number of aliphatic hydroxyl groups is 1. The van der Waals surface area contributed by atoms with Crippen molar-refractivity contribution in [3.05, 3.63) is 52.3 Å². The molecule has 1 atom stereocenters. The molecule has 0 aliphatic rings. The molecule has 6 heteroatoms. The Bertz CT molecular complexity index is 530. The van der Waals surface area contributed by atoms with Gasteiger partial charge in [-0.15, -0.1) is 0 Å². The summed E-state index contributed by atoms with van der Waals surface area (Å²) >= 11 is 3.21. The number of hydrogen-bond donors (Lipinski definition) is 1. The van der Waals surface area contributed by atoms with Crippen LogP contribution in [0.15, 0.2) is 35.1 Å². The fourth-order valence-corrected chi connectivity index (χ4v) is 1.81. The lowest BCUT2D eigenvalue weighted by molar-refractivity contribution is 0.147. The summed E-state index contributed by atoms with van der Waals surface area (Å²) in [4.78, 5) is 0. The Balaban J connectivity index is 2.17. The van der Waals surface area contributed by atoms with Gasteiger partial charge in [0.1, 0.15) is 17.7 Å². The minimum absolute atomic E-state index is 0.0537. The van der Waals surface area contributed by atoms with E-state index in [-0.39, 0.29) is 12.1 Å². The molecule has 0 radical (unpaired) electrons. The van der Waals surface area contributed by atoms with Gasteiger partial charge in [-0.1, -0.05) is 6.07 Å². The van der Waals surface area contributed by atoms with E-state index in [9.17, 15) is 13.9 Å². The lowest BCUT2D eigenvalue weighted by atomic mass is 10.1. The number of hydrogen-bond acceptors (Lipinski definition) is 2. The van der Waals surface area contributed by atoms with Gasteiger partial charge in [-0.3, -0.25) is 4.68 Å². The van der Waals surface area contributed by atoms with Crippen LogP contribution in [-0.4, -0.2) is 14.9 Å². The van der Waals surface area contributed by atoms with Gasteiger partial charge in [-0.2, -0.15) is 5.10 Å². The maximum atomic E-state index is 13.4. The standard InChI is InChI=1S/C11H9BrF2N2O/c12-7-4-15-16(5-7)6-11(17)9-2-1-8(13)3-10(9)14/h1-5,11,17H,6H2. The van der Waals surface area contributed by atoms with Crippen molar-refractivity contribution in [1.29, 1.82) is 0 Å². The molecule has 0 spiro atoms. The Hall–Kier alpha value is -1.27. The molecule has 2 aromatic rings. The Morgan fingerprint density at radius 1 is 1.41 bits per heavy atom. The van der Waals surface area contributed by atoms with Crippen molar-refractivity contribution >= 4 is 15.9 Å². The van der Waals surface area contributed by atoms with Crippen LogP contribution in [0.5, 0.6) is 0 Å². The highest BCUT2D eigenvalue weighted by Gasteiger charge is 2.14. The minimum atomic E-state index is -1.07. The molecular formula is C11H9BrF2N2O. The molecule has 3 nitrogen and oxygen atoms in total. The average Bonchev–Trinajstić information content (AvgIpc) is 2.63. The van der Waals surface area contributed by atoms with Gasteiger partial charge in [0, 0.05) is 17.8 Å². The third-order valence-electron chi connectivity index (χ3n) is 2.28. The second-order valence-corrected chi connectivity index (χ2v) is 4.48. The first kappa shape index (κ1) is 12.2. The Morgan fingerprint density at radius 3 is 2.76 bits per heavy atom. The summed E-state index contributed by atoms with van der Waals surface area (Å²) in [7, 11) is 0. The molecule has 0 saturated heterocycles. The lowest BCUT2D eigenvalue weighted by Gasteiger charge is -2.11. The molecule has 0 aliphatic heterocycles. The number of benzene rings is 1. The van der Waals surface area contributed by atoms with Crippen LogP contribution < -0.4 is 0 Å². The van der Waals surface area contributed by atoms with E-state index < -0.39 is 17.7 Å². The first-order chi connectivity index (χ1) is 8.06. The SMILES string of the molecule is OC(Cn1cc(Br)cn1)c1ccc(F)cc1F. The second kappa shape index (κ2) is 4.93. The second-order valence-electron chi connectivity index (χ2n) is 3.56. The molecular weight excluding hydrogens is 294 g/mol. The normalized spacial score (nSPS) is 12.7. The zero-order chi connectivity index (χ0) is 12.4. The maximum absolute atomic E-state index is 13.4. The zero-order valence-corrected chi connectivity index (χ0v) is 10.2.